The van der Waals surface area contributed by atoms with Gasteiger partial charge in [0.25, 0.3) is 0 Å². The van der Waals surface area contributed by atoms with Crippen molar-refractivity contribution < 1.29 is 13.9 Å². The number of nitrogens with zero attached hydrogens (tertiary/aromatic N) is 1. The molecule has 0 unspecified atom stereocenters. The van der Waals surface area contributed by atoms with Crippen LogP contribution in [0.2, 0.25) is 0 Å². The minimum Gasteiger partial charge on any atom is -0.374 e. The maximum absolute atomic E-state index is 13.7. The summed E-state index contributed by atoms with van der Waals surface area (Å²) in [5.74, 6) is -0.137. The molecule has 20 heavy (non-hydrogen) atoms. The molecular weight excluding hydrogens is 259 g/mol. The minimum atomic E-state index is -0.172. The lowest BCUT2D eigenvalue weighted by Gasteiger charge is -2.36. The number of piperidine rings is 1. The zero-order valence-electron chi connectivity index (χ0n) is 11.3. The second-order valence-electron chi connectivity index (χ2n) is 5.42. The van der Waals surface area contributed by atoms with Gasteiger partial charge in [0.2, 0.25) is 5.91 Å². The molecule has 0 radical (unpaired) electrons. The second-order valence-corrected chi connectivity index (χ2v) is 5.42. The van der Waals surface area contributed by atoms with Gasteiger partial charge in [-0.1, -0.05) is 18.2 Å². The predicted octanol–water partition coefficient (Wildman–Crippen LogP) is 1.16. The smallest absolute Gasteiger partial charge is 0.225 e. The Kier molecular flexibility index (Phi) is 3.98. The van der Waals surface area contributed by atoms with E-state index in [1.807, 2.05) is 12.1 Å². The van der Waals surface area contributed by atoms with Gasteiger partial charge in [-0.05, 0) is 19.0 Å². The fourth-order valence-corrected chi connectivity index (χ4v) is 2.98. The van der Waals surface area contributed by atoms with E-state index in [0.717, 1.165) is 13.0 Å². The van der Waals surface area contributed by atoms with Crippen LogP contribution in [-0.4, -0.2) is 43.2 Å². The van der Waals surface area contributed by atoms with E-state index in [2.05, 4.69) is 10.2 Å². The molecule has 0 saturated carbocycles. The van der Waals surface area contributed by atoms with Crippen molar-refractivity contribution in [3.05, 3.63) is 35.6 Å². The summed E-state index contributed by atoms with van der Waals surface area (Å²) >= 11 is 0. The van der Waals surface area contributed by atoms with Crippen LogP contribution in [0.15, 0.2) is 24.3 Å². The third kappa shape index (κ3) is 2.83. The van der Waals surface area contributed by atoms with E-state index >= 15 is 0 Å². The van der Waals surface area contributed by atoms with E-state index in [4.69, 9.17) is 4.74 Å². The van der Waals surface area contributed by atoms with Crippen molar-refractivity contribution in [2.24, 2.45) is 5.92 Å². The Morgan fingerprint density at radius 1 is 1.40 bits per heavy atom. The van der Waals surface area contributed by atoms with Gasteiger partial charge >= 0.3 is 0 Å². The van der Waals surface area contributed by atoms with Gasteiger partial charge in [0.1, 0.15) is 5.82 Å². The van der Waals surface area contributed by atoms with Gasteiger partial charge in [0.15, 0.2) is 0 Å². The number of carbonyl (C=O) groups is 1. The molecule has 108 valence electrons. The monoisotopic (exact) mass is 278 g/mol. The van der Waals surface area contributed by atoms with Crippen molar-refractivity contribution >= 4 is 5.91 Å². The molecule has 2 aliphatic rings. The summed E-state index contributed by atoms with van der Waals surface area (Å²) < 4.78 is 19.4. The molecule has 2 saturated heterocycles. The fourth-order valence-electron chi connectivity index (χ4n) is 2.98. The lowest BCUT2D eigenvalue weighted by molar-refractivity contribution is -0.130. The van der Waals surface area contributed by atoms with E-state index in [1.54, 1.807) is 6.07 Å². The van der Waals surface area contributed by atoms with Crippen LogP contribution in [0.5, 0.6) is 0 Å². The van der Waals surface area contributed by atoms with Crippen molar-refractivity contribution in [3.8, 4) is 0 Å². The quantitative estimate of drug-likeness (QED) is 0.883. The molecule has 0 aromatic heterocycles. The number of ether oxygens (including phenoxy) is 1. The van der Waals surface area contributed by atoms with Crippen molar-refractivity contribution in [3.63, 3.8) is 0 Å². The molecule has 5 heteroatoms. The Balaban J connectivity index is 1.66. The lowest BCUT2D eigenvalue weighted by Crippen LogP contribution is -2.48. The summed E-state index contributed by atoms with van der Waals surface area (Å²) in [4.78, 5) is 14.1. The Labute approximate surface area is 117 Å². The third-order valence-corrected chi connectivity index (χ3v) is 4.07. The molecule has 0 bridgehead atoms. The Morgan fingerprint density at radius 3 is 3.10 bits per heavy atom. The summed E-state index contributed by atoms with van der Waals surface area (Å²) in [6.45, 7) is 3.19. The van der Waals surface area contributed by atoms with Gasteiger partial charge in [0, 0.05) is 25.2 Å². The van der Waals surface area contributed by atoms with Crippen molar-refractivity contribution in [1.29, 1.82) is 0 Å². The van der Waals surface area contributed by atoms with Crippen LogP contribution in [0, 0.1) is 11.7 Å². The molecule has 1 amide bonds. The molecule has 0 spiro atoms. The van der Waals surface area contributed by atoms with E-state index < -0.39 is 0 Å². The van der Waals surface area contributed by atoms with Crippen LogP contribution in [0.25, 0.3) is 0 Å². The molecule has 3 rings (SSSR count). The highest BCUT2D eigenvalue weighted by molar-refractivity contribution is 5.79. The summed E-state index contributed by atoms with van der Waals surface area (Å²) in [5.41, 5.74) is 0.698. The third-order valence-electron chi connectivity index (χ3n) is 4.07. The highest BCUT2D eigenvalue weighted by Gasteiger charge is 2.36. The normalized spacial score (nSPS) is 27.6. The van der Waals surface area contributed by atoms with E-state index in [0.29, 0.717) is 31.8 Å². The van der Waals surface area contributed by atoms with Crippen LogP contribution in [0.4, 0.5) is 4.39 Å². The number of fused-ring (bicyclic) bond motifs is 1. The molecule has 2 heterocycles. The molecule has 2 fully saturated rings. The van der Waals surface area contributed by atoms with Gasteiger partial charge < -0.3 is 10.1 Å². The molecule has 1 aromatic rings. The van der Waals surface area contributed by atoms with Crippen molar-refractivity contribution in [1.82, 2.24) is 10.2 Å². The largest absolute Gasteiger partial charge is 0.374 e. The maximum atomic E-state index is 13.7. The molecule has 2 atom stereocenters. The molecule has 2 aliphatic heterocycles. The topological polar surface area (TPSA) is 41.6 Å². The highest BCUT2D eigenvalue weighted by atomic mass is 19.1. The fraction of sp³-hybridized carbons (Fsp3) is 0.533. The first-order valence-electron chi connectivity index (χ1n) is 7.09. The minimum absolute atomic E-state index is 0.0608. The first-order valence-corrected chi connectivity index (χ1v) is 7.09. The average Bonchev–Trinajstić information content (AvgIpc) is 2.63. The number of hydrogen-bond acceptors (Lipinski definition) is 3. The van der Waals surface area contributed by atoms with Crippen molar-refractivity contribution in [2.45, 2.75) is 19.1 Å². The Bertz CT molecular complexity index is 495. The Morgan fingerprint density at radius 2 is 2.25 bits per heavy atom. The standard InChI is InChI=1S/C15H19FN2O2/c16-13-4-2-1-3-11(13)9-18-7-5-12-14(10-18)20-8-6-17-15(12)19/h1-4,12,14H,5-10H2,(H,17,19)/t12-,14+/m1/s1. The number of nitrogens with one attached hydrogen (secondary N) is 1. The first kappa shape index (κ1) is 13.5. The van der Waals surface area contributed by atoms with Crippen LogP contribution in [0.1, 0.15) is 12.0 Å². The summed E-state index contributed by atoms with van der Waals surface area (Å²) in [6, 6.07) is 6.84. The number of hydrogen-bond donors (Lipinski definition) is 1. The van der Waals surface area contributed by atoms with Crippen LogP contribution in [-0.2, 0) is 16.1 Å². The number of halogens is 1. The maximum Gasteiger partial charge on any atom is 0.225 e. The van der Waals surface area contributed by atoms with Gasteiger partial charge in [-0.15, -0.1) is 0 Å². The number of rotatable bonds is 2. The zero-order chi connectivity index (χ0) is 13.9. The first-order chi connectivity index (χ1) is 9.74. The van der Waals surface area contributed by atoms with Crippen LogP contribution in [0.3, 0.4) is 0 Å². The van der Waals surface area contributed by atoms with E-state index in [-0.39, 0.29) is 23.7 Å². The lowest BCUT2D eigenvalue weighted by atomic mass is 9.92. The van der Waals surface area contributed by atoms with Crippen LogP contribution >= 0.6 is 0 Å². The van der Waals surface area contributed by atoms with Gasteiger partial charge in [-0.25, -0.2) is 4.39 Å². The summed E-state index contributed by atoms with van der Waals surface area (Å²) in [5, 5.41) is 2.87. The van der Waals surface area contributed by atoms with Gasteiger partial charge in [-0.3, -0.25) is 9.69 Å². The number of carbonyl (C=O) groups excluding carboxylic acids is 1. The highest BCUT2D eigenvalue weighted by Crippen LogP contribution is 2.24. The molecular formula is C15H19FN2O2. The van der Waals surface area contributed by atoms with Gasteiger partial charge in [0.05, 0.1) is 18.6 Å². The molecule has 1 aromatic carbocycles. The Hall–Kier alpha value is -1.46. The average molecular weight is 278 g/mol. The molecule has 1 N–H and O–H groups in total. The van der Waals surface area contributed by atoms with E-state index in [9.17, 15) is 9.18 Å². The summed E-state index contributed by atoms with van der Waals surface area (Å²) in [6.07, 6.45) is 0.698. The molecule has 4 nitrogen and oxygen atoms in total. The van der Waals surface area contributed by atoms with E-state index in [1.165, 1.54) is 6.07 Å². The number of likely N-dealkylation sites (tertiary alicyclic amines) is 1. The number of amides is 1. The number of benzene rings is 1. The van der Waals surface area contributed by atoms with Gasteiger partial charge in [-0.2, -0.15) is 0 Å². The zero-order valence-corrected chi connectivity index (χ0v) is 11.3. The summed E-state index contributed by atoms with van der Waals surface area (Å²) in [7, 11) is 0. The second kappa shape index (κ2) is 5.89. The predicted molar refractivity (Wildman–Crippen MR) is 72.5 cm³/mol. The SMILES string of the molecule is O=C1NCCO[C@H]2CN(Cc3ccccc3F)CC[C@@H]12. The van der Waals surface area contributed by atoms with Crippen LogP contribution < -0.4 is 5.32 Å². The van der Waals surface area contributed by atoms with Crippen molar-refractivity contribution in [2.75, 3.05) is 26.2 Å². The molecule has 0 aliphatic carbocycles.